The van der Waals surface area contributed by atoms with Crippen molar-refractivity contribution in [2.45, 2.75) is 31.5 Å². The van der Waals surface area contributed by atoms with Gasteiger partial charge < -0.3 is 10.2 Å². The first kappa shape index (κ1) is 11.9. The van der Waals surface area contributed by atoms with Crippen LogP contribution in [0.2, 0.25) is 0 Å². The van der Waals surface area contributed by atoms with Gasteiger partial charge in [-0.1, -0.05) is 31.9 Å². The Morgan fingerprint density at radius 1 is 0.909 bits per heavy atom. The Balaban J connectivity index is 3.13. The van der Waals surface area contributed by atoms with Crippen molar-refractivity contribution in [3.63, 3.8) is 0 Å². The van der Waals surface area contributed by atoms with E-state index in [1.54, 1.807) is 0 Å². The number of aliphatic hydroxyl groups excluding tert-OH is 2. The van der Waals surface area contributed by atoms with Crippen LogP contribution in [0.4, 0.5) is 0 Å². The van der Waals surface area contributed by atoms with Gasteiger partial charge in [0.15, 0.2) is 0 Å². The molecule has 0 saturated carbocycles. The molecule has 0 aromatic heterocycles. The highest BCUT2D eigenvalue weighted by Gasteiger charge is 2.04. The van der Waals surface area contributed by atoms with Gasteiger partial charge in [-0.05, 0) is 19.3 Å². The van der Waals surface area contributed by atoms with Crippen molar-refractivity contribution in [1.82, 2.24) is 0 Å². The van der Waals surface area contributed by atoms with Gasteiger partial charge in [0.2, 0.25) is 0 Å². The number of alkyl halides is 2. The van der Waals surface area contributed by atoms with Crippen molar-refractivity contribution >= 4 is 31.9 Å². The van der Waals surface area contributed by atoms with E-state index in [9.17, 15) is 0 Å². The average molecular weight is 290 g/mol. The van der Waals surface area contributed by atoms with Crippen molar-refractivity contribution in [1.29, 1.82) is 0 Å². The Morgan fingerprint density at radius 2 is 1.27 bits per heavy atom. The zero-order valence-electron chi connectivity index (χ0n) is 6.34. The molecule has 0 bridgehead atoms. The van der Waals surface area contributed by atoms with Crippen LogP contribution < -0.4 is 0 Å². The third-order valence-electron chi connectivity index (χ3n) is 1.43. The lowest BCUT2D eigenvalue weighted by Gasteiger charge is -2.08. The highest BCUT2D eigenvalue weighted by Crippen LogP contribution is 2.07. The van der Waals surface area contributed by atoms with Crippen molar-refractivity contribution in [3.05, 3.63) is 0 Å². The van der Waals surface area contributed by atoms with Crippen LogP contribution in [0.15, 0.2) is 0 Å². The Bertz CT molecular complexity index is 80.5. The molecule has 0 spiro atoms. The van der Waals surface area contributed by atoms with E-state index < -0.39 is 0 Å². The maximum atomic E-state index is 9.10. The van der Waals surface area contributed by atoms with Gasteiger partial charge in [-0.2, -0.15) is 0 Å². The van der Waals surface area contributed by atoms with Crippen LogP contribution in [0.1, 0.15) is 19.3 Å². The summed E-state index contributed by atoms with van der Waals surface area (Å²) in [5.74, 6) is 0. The molecule has 4 heteroatoms. The van der Waals surface area contributed by atoms with E-state index in [4.69, 9.17) is 10.2 Å². The highest BCUT2D eigenvalue weighted by molar-refractivity contribution is 9.09. The molecule has 0 aromatic rings. The van der Waals surface area contributed by atoms with E-state index >= 15 is 0 Å². The molecule has 0 aliphatic carbocycles. The van der Waals surface area contributed by atoms with Crippen LogP contribution in [0.3, 0.4) is 0 Å². The molecule has 0 heterocycles. The molecule has 2 N–H and O–H groups in total. The zero-order chi connectivity index (χ0) is 8.69. The summed E-state index contributed by atoms with van der Waals surface area (Å²) in [5, 5.41) is 19.5. The van der Waals surface area contributed by atoms with Gasteiger partial charge in [-0.25, -0.2) is 0 Å². The summed E-state index contributed by atoms with van der Waals surface area (Å²) in [5.41, 5.74) is 0. The van der Waals surface area contributed by atoms with Crippen molar-refractivity contribution in [2.75, 3.05) is 10.7 Å². The minimum atomic E-state index is -0.266. The largest absolute Gasteiger partial charge is 0.392 e. The molecule has 0 fully saturated rings. The summed E-state index contributed by atoms with van der Waals surface area (Å²) in [4.78, 5) is 0. The predicted molar refractivity (Wildman–Crippen MR) is 53.5 cm³/mol. The van der Waals surface area contributed by atoms with Gasteiger partial charge in [-0.3, -0.25) is 0 Å². The fourth-order valence-electron chi connectivity index (χ4n) is 0.743. The first-order chi connectivity index (χ1) is 5.20. The van der Waals surface area contributed by atoms with Gasteiger partial charge >= 0.3 is 0 Å². The maximum Gasteiger partial charge on any atom is 0.0637 e. The summed E-state index contributed by atoms with van der Waals surface area (Å²) in [6, 6.07) is 0. The second-order valence-corrected chi connectivity index (χ2v) is 3.84. The minimum absolute atomic E-state index is 0.266. The summed E-state index contributed by atoms with van der Waals surface area (Å²) in [6.07, 6.45) is 1.86. The van der Waals surface area contributed by atoms with E-state index in [0.717, 1.165) is 19.3 Å². The molecule has 2 nitrogen and oxygen atoms in total. The van der Waals surface area contributed by atoms with Crippen molar-refractivity contribution < 1.29 is 10.2 Å². The van der Waals surface area contributed by atoms with Gasteiger partial charge in [0.05, 0.1) is 12.2 Å². The highest BCUT2D eigenvalue weighted by atomic mass is 79.9. The molecule has 0 aliphatic heterocycles. The molecular formula is C7H14Br2O2. The second kappa shape index (κ2) is 7.53. The minimum Gasteiger partial charge on any atom is -0.392 e. The molecular weight excluding hydrogens is 276 g/mol. The van der Waals surface area contributed by atoms with Crippen LogP contribution in [0.5, 0.6) is 0 Å². The lowest BCUT2D eigenvalue weighted by Crippen LogP contribution is -2.11. The fraction of sp³-hybridized carbons (Fsp3) is 1.00. The van der Waals surface area contributed by atoms with Crippen LogP contribution in [0, 0.1) is 0 Å². The lowest BCUT2D eigenvalue weighted by molar-refractivity contribution is 0.159. The Kier molecular flexibility index (Phi) is 8.13. The van der Waals surface area contributed by atoms with E-state index in [1.807, 2.05) is 0 Å². The number of hydrogen-bond acceptors (Lipinski definition) is 2. The van der Waals surface area contributed by atoms with Crippen LogP contribution in [-0.2, 0) is 0 Å². The van der Waals surface area contributed by atoms with E-state index in [2.05, 4.69) is 31.9 Å². The Labute approximate surface area is 84.3 Å². The van der Waals surface area contributed by atoms with Crippen LogP contribution in [-0.4, -0.2) is 33.1 Å². The van der Waals surface area contributed by atoms with E-state index in [1.165, 1.54) is 0 Å². The Morgan fingerprint density at radius 3 is 1.55 bits per heavy atom. The zero-order valence-corrected chi connectivity index (χ0v) is 9.51. The van der Waals surface area contributed by atoms with Crippen molar-refractivity contribution in [2.24, 2.45) is 0 Å². The summed E-state index contributed by atoms with van der Waals surface area (Å²) in [7, 11) is 0. The number of aliphatic hydroxyl groups is 2. The third kappa shape index (κ3) is 7.25. The van der Waals surface area contributed by atoms with E-state index in [0.29, 0.717) is 10.7 Å². The predicted octanol–water partition coefficient (Wildman–Crippen LogP) is 1.67. The molecule has 2 atom stereocenters. The molecule has 0 saturated heterocycles. The van der Waals surface area contributed by atoms with Gasteiger partial charge in [0, 0.05) is 10.7 Å². The van der Waals surface area contributed by atoms with Gasteiger partial charge in [0.25, 0.3) is 0 Å². The smallest absolute Gasteiger partial charge is 0.0637 e. The molecule has 0 amide bonds. The molecule has 68 valence electrons. The topological polar surface area (TPSA) is 40.5 Å². The first-order valence-corrected chi connectivity index (χ1v) is 5.93. The number of rotatable bonds is 6. The first-order valence-electron chi connectivity index (χ1n) is 3.68. The normalized spacial score (nSPS) is 16.4. The fourth-order valence-corrected chi connectivity index (χ4v) is 1.39. The van der Waals surface area contributed by atoms with Gasteiger partial charge in [0.1, 0.15) is 0 Å². The summed E-state index contributed by atoms with van der Waals surface area (Å²) < 4.78 is 0. The molecule has 11 heavy (non-hydrogen) atoms. The lowest BCUT2D eigenvalue weighted by atomic mass is 10.1. The third-order valence-corrected chi connectivity index (χ3v) is 2.93. The molecule has 0 radical (unpaired) electrons. The monoisotopic (exact) mass is 288 g/mol. The second-order valence-electron chi connectivity index (χ2n) is 2.55. The van der Waals surface area contributed by atoms with E-state index in [-0.39, 0.29) is 12.2 Å². The molecule has 0 aliphatic rings. The van der Waals surface area contributed by atoms with Gasteiger partial charge in [-0.15, -0.1) is 0 Å². The maximum absolute atomic E-state index is 9.10. The molecule has 0 aromatic carbocycles. The van der Waals surface area contributed by atoms with Crippen LogP contribution >= 0.6 is 31.9 Å². The summed E-state index contributed by atoms with van der Waals surface area (Å²) in [6.45, 7) is 0. The Hall–Kier alpha value is 0.880. The summed E-state index contributed by atoms with van der Waals surface area (Å²) >= 11 is 6.35. The quantitative estimate of drug-likeness (QED) is 0.731. The molecule has 0 rings (SSSR count). The SMILES string of the molecule is OC(CBr)CCCC(O)CBr. The van der Waals surface area contributed by atoms with Crippen LogP contribution in [0.25, 0.3) is 0 Å². The number of halogens is 2. The molecule has 2 unspecified atom stereocenters. The van der Waals surface area contributed by atoms with Crippen molar-refractivity contribution in [3.8, 4) is 0 Å². The standard InChI is InChI=1S/C7H14Br2O2/c8-4-6(10)2-1-3-7(11)5-9/h6-7,10-11H,1-5H2. The number of hydrogen-bond donors (Lipinski definition) is 2. The average Bonchev–Trinajstić information content (AvgIpc) is 2.04.